The lowest BCUT2D eigenvalue weighted by Gasteiger charge is -2.15. The summed E-state index contributed by atoms with van der Waals surface area (Å²) in [4.78, 5) is 10.6. The van der Waals surface area contributed by atoms with Gasteiger partial charge in [-0.1, -0.05) is 30.3 Å². The minimum Gasteiger partial charge on any atom is -0.393 e. The van der Waals surface area contributed by atoms with Crippen LogP contribution in [0, 0.1) is 10.1 Å². The number of nitro benzene ring substituents is 1. The number of nitrogens with two attached hydrogens (primary N) is 1. The van der Waals surface area contributed by atoms with Crippen molar-refractivity contribution >= 4 is 34.7 Å². The fourth-order valence-electron chi connectivity index (χ4n) is 2.08. The molecule has 0 bridgehead atoms. The largest absolute Gasteiger partial charge is 0.393 e. The minimum absolute atomic E-state index is 0.0572. The highest BCUT2D eigenvalue weighted by Gasteiger charge is 2.26. The molecule has 0 spiro atoms. The Morgan fingerprint density at radius 3 is 2.42 bits per heavy atom. The zero-order chi connectivity index (χ0) is 17.9. The van der Waals surface area contributed by atoms with Crippen LogP contribution in [0.25, 0.3) is 0 Å². The van der Waals surface area contributed by atoms with Gasteiger partial charge in [-0.3, -0.25) is 10.1 Å². The van der Waals surface area contributed by atoms with Gasteiger partial charge in [0, 0.05) is 6.26 Å². The van der Waals surface area contributed by atoms with Gasteiger partial charge in [-0.25, -0.2) is 8.42 Å². The molecule has 24 heavy (non-hydrogen) atoms. The third-order valence-corrected chi connectivity index (χ3v) is 5.94. The molecule has 1 unspecified atom stereocenters. The average molecular weight is 368 g/mol. The standard InChI is InChI=1S/C15H17N2O5PS/c1-23(22-10-11-6-4-3-5-7-11)14-9-12(24(2,20)21)8-13(16)15(14)17(18)19/h3-9H,10,16H2,1-2H3. The van der Waals surface area contributed by atoms with Crippen molar-refractivity contribution < 1.29 is 17.9 Å². The van der Waals surface area contributed by atoms with Crippen LogP contribution in [0.5, 0.6) is 0 Å². The van der Waals surface area contributed by atoms with Crippen molar-refractivity contribution in [2.24, 2.45) is 0 Å². The van der Waals surface area contributed by atoms with Gasteiger partial charge in [0.2, 0.25) is 0 Å². The van der Waals surface area contributed by atoms with Crippen LogP contribution in [0.15, 0.2) is 47.4 Å². The van der Waals surface area contributed by atoms with Gasteiger partial charge in [-0.15, -0.1) is 0 Å². The van der Waals surface area contributed by atoms with Crippen molar-refractivity contribution in [1.82, 2.24) is 0 Å². The Morgan fingerprint density at radius 2 is 1.88 bits per heavy atom. The Bertz CT molecular complexity index is 856. The molecule has 2 rings (SSSR count). The van der Waals surface area contributed by atoms with E-state index >= 15 is 0 Å². The maximum atomic E-state index is 11.8. The van der Waals surface area contributed by atoms with Crippen LogP contribution >= 0.6 is 8.15 Å². The Balaban J connectivity index is 2.39. The Labute approximate surface area is 141 Å². The predicted molar refractivity (Wildman–Crippen MR) is 94.3 cm³/mol. The number of sulfone groups is 1. The first-order valence-electron chi connectivity index (χ1n) is 6.88. The molecule has 0 aromatic heterocycles. The molecule has 0 heterocycles. The van der Waals surface area contributed by atoms with E-state index in [0.717, 1.165) is 17.9 Å². The number of anilines is 1. The summed E-state index contributed by atoms with van der Waals surface area (Å²) >= 11 is 0. The topological polar surface area (TPSA) is 113 Å². The quantitative estimate of drug-likeness (QED) is 0.363. The second-order valence-corrected chi connectivity index (χ2v) is 8.92. The second-order valence-electron chi connectivity index (χ2n) is 5.17. The Morgan fingerprint density at radius 1 is 1.25 bits per heavy atom. The molecule has 0 amide bonds. The van der Waals surface area contributed by atoms with Crippen molar-refractivity contribution in [3.8, 4) is 0 Å². The maximum absolute atomic E-state index is 11.8. The highest BCUT2D eigenvalue weighted by Crippen LogP contribution is 2.39. The molecule has 0 radical (unpaired) electrons. The Kier molecular flexibility index (Phi) is 5.54. The van der Waals surface area contributed by atoms with E-state index in [9.17, 15) is 18.5 Å². The van der Waals surface area contributed by atoms with E-state index in [1.54, 1.807) is 6.66 Å². The van der Waals surface area contributed by atoms with Crippen molar-refractivity contribution in [3.05, 3.63) is 58.1 Å². The number of nitro groups is 1. The lowest BCUT2D eigenvalue weighted by molar-refractivity contribution is -0.382. The molecule has 1 atom stereocenters. The van der Waals surface area contributed by atoms with Gasteiger partial charge < -0.3 is 10.3 Å². The Hall–Kier alpha value is -2.02. The number of nitrogens with zero attached hydrogens (tertiary/aromatic N) is 1. The van der Waals surface area contributed by atoms with Crippen LogP contribution in [0.4, 0.5) is 11.4 Å². The third kappa shape index (κ3) is 4.29. The van der Waals surface area contributed by atoms with E-state index < -0.39 is 22.9 Å². The van der Waals surface area contributed by atoms with Crippen LogP contribution in [-0.2, 0) is 21.0 Å². The second kappa shape index (κ2) is 7.25. The molecular formula is C15H17N2O5PS. The summed E-state index contributed by atoms with van der Waals surface area (Å²) in [5.74, 6) is 0. The molecule has 0 aliphatic carbocycles. The number of hydrogen-bond acceptors (Lipinski definition) is 6. The lowest BCUT2D eigenvalue weighted by Crippen LogP contribution is -2.14. The number of benzene rings is 2. The van der Waals surface area contributed by atoms with Crippen molar-refractivity contribution in [3.63, 3.8) is 0 Å². The summed E-state index contributed by atoms with van der Waals surface area (Å²) < 4.78 is 29.3. The van der Waals surface area contributed by atoms with E-state index in [2.05, 4.69) is 0 Å². The summed E-state index contributed by atoms with van der Waals surface area (Å²) in [5.41, 5.74) is 6.15. The van der Waals surface area contributed by atoms with Gasteiger partial charge in [0.05, 0.1) is 29.9 Å². The van der Waals surface area contributed by atoms with Gasteiger partial charge >= 0.3 is 5.69 Å². The molecule has 0 saturated carbocycles. The summed E-state index contributed by atoms with van der Waals surface area (Å²) in [6, 6.07) is 11.7. The fourth-order valence-corrected chi connectivity index (χ4v) is 4.15. The first-order valence-corrected chi connectivity index (χ1v) is 10.5. The zero-order valence-electron chi connectivity index (χ0n) is 13.2. The minimum atomic E-state index is -3.54. The molecule has 128 valence electrons. The van der Waals surface area contributed by atoms with E-state index in [-0.39, 0.29) is 28.2 Å². The van der Waals surface area contributed by atoms with Crippen molar-refractivity contribution in [2.45, 2.75) is 11.5 Å². The summed E-state index contributed by atoms with van der Waals surface area (Å²) in [7, 11) is -4.96. The molecule has 9 heteroatoms. The van der Waals surface area contributed by atoms with Gasteiger partial charge in [0.25, 0.3) is 0 Å². The molecule has 2 aromatic carbocycles. The normalized spacial score (nSPS) is 12.8. The van der Waals surface area contributed by atoms with Crippen LogP contribution < -0.4 is 11.0 Å². The number of hydrogen-bond donors (Lipinski definition) is 1. The first-order chi connectivity index (χ1) is 11.2. The monoisotopic (exact) mass is 368 g/mol. The lowest BCUT2D eigenvalue weighted by atomic mass is 10.2. The van der Waals surface area contributed by atoms with E-state index in [1.807, 2.05) is 30.3 Å². The summed E-state index contributed by atoms with van der Waals surface area (Å²) in [6.07, 6.45) is 1.03. The first kappa shape index (κ1) is 18.3. The van der Waals surface area contributed by atoms with Gasteiger partial charge in [0.1, 0.15) is 5.69 Å². The third-order valence-electron chi connectivity index (χ3n) is 3.31. The van der Waals surface area contributed by atoms with Crippen LogP contribution in [0.1, 0.15) is 5.56 Å². The molecular weight excluding hydrogens is 351 g/mol. The smallest absolute Gasteiger partial charge is 0.302 e. The predicted octanol–water partition coefficient (Wildman–Crippen LogP) is 2.45. The molecule has 7 nitrogen and oxygen atoms in total. The SMILES string of the molecule is CP(OCc1ccccc1)c1cc(S(C)(=O)=O)cc(N)c1[N+](=O)[O-]. The van der Waals surface area contributed by atoms with Gasteiger partial charge in [-0.2, -0.15) is 0 Å². The molecule has 0 fully saturated rings. The van der Waals surface area contributed by atoms with Gasteiger partial charge in [0.15, 0.2) is 9.84 Å². The van der Waals surface area contributed by atoms with Gasteiger partial charge in [-0.05, 0) is 24.4 Å². The fraction of sp³-hybridized carbons (Fsp3) is 0.200. The number of rotatable bonds is 6. The molecule has 0 saturated heterocycles. The summed E-state index contributed by atoms with van der Waals surface area (Å²) in [5, 5.41) is 11.5. The average Bonchev–Trinajstić information content (AvgIpc) is 2.51. The van der Waals surface area contributed by atoms with Crippen molar-refractivity contribution in [2.75, 3.05) is 18.7 Å². The van der Waals surface area contributed by atoms with E-state index in [1.165, 1.54) is 6.07 Å². The maximum Gasteiger partial charge on any atom is 0.302 e. The van der Waals surface area contributed by atoms with Crippen molar-refractivity contribution in [1.29, 1.82) is 0 Å². The van der Waals surface area contributed by atoms with Crippen LogP contribution in [0.2, 0.25) is 0 Å². The highest BCUT2D eigenvalue weighted by atomic mass is 32.2. The molecule has 0 aliphatic heterocycles. The van der Waals surface area contributed by atoms with Crippen LogP contribution in [0.3, 0.4) is 0 Å². The molecule has 2 N–H and O–H groups in total. The molecule has 0 aliphatic rings. The highest BCUT2D eigenvalue weighted by molar-refractivity contribution is 7.90. The molecule has 2 aromatic rings. The van der Waals surface area contributed by atoms with E-state index in [4.69, 9.17) is 10.3 Å². The zero-order valence-corrected chi connectivity index (χ0v) is 14.9. The van der Waals surface area contributed by atoms with E-state index in [0.29, 0.717) is 0 Å². The van der Waals surface area contributed by atoms with Crippen LogP contribution in [-0.4, -0.2) is 26.3 Å². The number of nitrogen functional groups attached to an aromatic ring is 1. The summed E-state index contributed by atoms with van der Waals surface area (Å²) in [6.45, 7) is 1.95.